The largest absolute Gasteiger partial charge is 0.338 e. The van der Waals surface area contributed by atoms with Gasteiger partial charge in [-0.3, -0.25) is 4.79 Å². The van der Waals surface area contributed by atoms with Gasteiger partial charge in [0.25, 0.3) is 5.91 Å². The molecule has 112 valence electrons. The highest BCUT2D eigenvalue weighted by atomic mass is 32.2. The summed E-state index contributed by atoms with van der Waals surface area (Å²) in [6.45, 7) is 1.03. The number of nitrogens with two attached hydrogens (primary N) is 1. The van der Waals surface area contributed by atoms with Gasteiger partial charge in [-0.2, -0.15) is 0 Å². The molecular weight excluding hydrogens is 288 g/mol. The molecule has 6 heteroatoms. The molecule has 2 rings (SSSR count). The molecule has 1 heterocycles. The number of hydrogen-bond acceptors (Lipinski definition) is 4. The van der Waals surface area contributed by atoms with Crippen LogP contribution in [-0.4, -0.2) is 50.4 Å². The van der Waals surface area contributed by atoms with Crippen molar-refractivity contribution < 1.29 is 13.2 Å². The number of rotatable bonds is 1. The summed E-state index contributed by atoms with van der Waals surface area (Å²) >= 11 is 0. The quantitative estimate of drug-likeness (QED) is 0.755. The molecule has 0 unspecified atom stereocenters. The molecule has 1 aromatic carbocycles. The molecule has 1 aliphatic rings. The monoisotopic (exact) mass is 306 g/mol. The molecule has 1 fully saturated rings. The third-order valence-corrected chi connectivity index (χ3v) is 5.02. The van der Waals surface area contributed by atoms with E-state index in [-0.39, 0.29) is 24.0 Å². The minimum atomic E-state index is -3.01. The van der Waals surface area contributed by atoms with Crippen LogP contribution >= 0.6 is 0 Å². The lowest BCUT2D eigenvalue weighted by atomic mass is 10.1. The van der Waals surface area contributed by atoms with Crippen molar-refractivity contribution in [2.24, 2.45) is 5.73 Å². The Bertz CT molecular complexity index is 669. The second-order valence-corrected chi connectivity index (χ2v) is 7.18. The van der Waals surface area contributed by atoms with E-state index in [9.17, 15) is 13.2 Å². The first kappa shape index (κ1) is 15.5. The van der Waals surface area contributed by atoms with Gasteiger partial charge in [-0.15, -0.1) is 0 Å². The molecule has 1 aromatic rings. The standard InChI is InChI=1S/C15H18N2O3S/c16-8-1-3-13-4-6-14(7-5-13)15(18)17-9-2-11-21(19,20)12-10-17/h4-7H,2,8-12,16H2. The summed E-state index contributed by atoms with van der Waals surface area (Å²) in [6.07, 6.45) is 0.494. The maximum atomic E-state index is 12.4. The van der Waals surface area contributed by atoms with E-state index < -0.39 is 9.84 Å². The number of nitrogens with zero attached hydrogens (tertiary/aromatic N) is 1. The van der Waals surface area contributed by atoms with Gasteiger partial charge >= 0.3 is 0 Å². The van der Waals surface area contributed by atoms with E-state index in [1.807, 2.05) is 0 Å². The van der Waals surface area contributed by atoms with Crippen LogP contribution in [0.2, 0.25) is 0 Å². The second kappa shape index (κ2) is 6.74. The normalized spacial score (nSPS) is 17.5. The van der Waals surface area contributed by atoms with Crippen molar-refractivity contribution in [3.05, 3.63) is 35.4 Å². The maximum Gasteiger partial charge on any atom is 0.253 e. The van der Waals surface area contributed by atoms with Gasteiger partial charge in [0.2, 0.25) is 0 Å². The summed E-state index contributed by atoms with van der Waals surface area (Å²) < 4.78 is 23.1. The van der Waals surface area contributed by atoms with E-state index in [4.69, 9.17) is 5.73 Å². The minimum Gasteiger partial charge on any atom is -0.338 e. The van der Waals surface area contributed by atoms with Crippen LogP contribution in [-0.2, 0) is 9.84 Å². The zero-order valence-electron chi connectivity index (χ0n) is 11.7. The van der Waals surface area contributed by atoms with Crippen LogP contribution in [0, 0.1) is 11.8 Å². The second-order valence-electron chi connectivity index (χ2n) is 4.88. The number of benzene rings is 1. The fraction of sp³-hybridized carbons (Fsp3) is 0.400. The van der Waals surface area contributed by atoms with E-state index >= 15 is 0 Å². The van der Waals surface area contributed by atoms with Crippen molar-refractivity contribution in [2.75, 3.05) is 31.1 Å². The van der Waals surface area contributed by atoms with Gasteiger partial charge in [0.15, 0.2) is 9.84 Å². The highest BCUT2D eigenvalue weighted by Gasteiger charge is 2.23. The predicted octanol–water partition coefficient (Wildman–Crippen LogP) is 0.258. The lowest BCUT2D eigenvalue weighted by molar-refractivity contribution is 0.0768. The van der Waals surface area contributed by atoms with Crippen molar-refractivity contribution >= 4 is 15.7 Å². The van der Waals surface area contributed by atoms with Crippen LogP contribution in [0.3, 0.4) is 0 Å². The Morgan fingerprint density at radius 3 is 2.57 bits per heavy atom. The van der Waals surface area contributed by atoms with Gasteiger partial charge in [0.1, 0.15) is 0 Å². The first-order valence-electron chi connectivity index (χ1n) is 6.80. The van der Waals surface area contributed by atoms with Crippen LogP contribution in [0.15, 0.2) is 24.3 Å². The Balaban J connectivity index is 2.09. The number of carbonyl (C=O) groups excluding carboxylic acids is 1. The van der Waals surface area contributed by atoms with Crippen LogP contribution in [0.1, 0.15) is 22.3 Å². The Kier molecular flexibility index (Phi) is 4.99. The van der Waals surface area contributed by atoms with Crippen molar-refractivity contribution in [1.82, 2.24) is 4.90 Å². The first-order valence-corrected chi connectivity index (χ1v) is 8.63. The Labute approximate surface area is 125 Å². The lowest BCUT2D eigenvalue weighted by Crippen LogP contribution is -2.33. The minimum absolute atomic E-state index is 0.0405. The molecule has 21 heavy (non-hydrogen) atoms. The fourth-order valence-corrected chi connectivity index (χ4v) is 3.44. The molecule has 5 nitrogen and oxygen atoms in total. The van der Waals surface area contributed by atoms with Crippen LogP contribution in [0.25, 0.3) is 0 Å². The summed E-state index contributed by atoms with van der Waals surface area (Å²) in [4.78, 5) is 14.0. The number of hydrogen-bond donors (Lipinski definition) is 1. The third kappa shape index (κ3) is 4.31. The van der Waals surface area contributed by atoms with E-state index in [1.165, 1.54) is 0 Å². The molecule has 2 N–H and O–H groups in total. The maximum absolute atomic E-state index is 12.4. The lowest BCUT2D eigenvalue weighted by Gasteiger charge is -2.19. The summed E-state index contributed by atoms with van der Waals surface area (Å²) in [6, 6.07) is 6.96. The molecule has 1 amide bonds. The van der Waals surface area contributed by atoms with Crippen LogP contribution < -0.4 is 5.73 Å². The molecule has 0 atom stereocenters. The number of amides is 1. The Morgan fingerprint density at radius 2 is 1.90 bits per heavy atom. The smallest absolute Gasteiger partial charge is 0.253 e. The van der Waals surface area contributed by atoms with Crippen molar-refractivity contribution in [3.63, 3.8) is 0 Å². The molecule has 0 aromatic heterocycles. The van der Waals surface area contributed by atoms with Crippen molar-refractivity contribution in [3.8, 4) is 11.8 Å². The van der Waals surface area contributed by atoms with E-state index in [2.05, 4.69) is 11.8 Å². The average molecular weight is 306 g/mol. The van der Waals surface area contributed by atoms with Crippen molar-refractivity contribution in [2.45, 2.75) is 6.42 Å². The zero-order valence-corrected chi connectivity index (χ0v) is 12.5. The number of carbonyl (C=O) groups is 1. The molecular formula is C15H18N2O3S. The van der Waals surface area contributed by atoms with E-state index in [1.54, 1.807) is 29.2 Å². The van der Waals surface area contributed by atoms with Crippen LogP contribution in [0.4, 0.5) is 0 Å². The van der Waals surface area contributed by atoms with Gasteiger partial charge in [-0.05, 0) is 30.7 Å². The van der Waals surface area contributed by atoms with Crippen molar-refractivity contribution in [1.29, 1.82) is 0 Å². The Morgan fingerprint density at radius 1 is 1.19 bits per heavy atom. The molecule has 0 aliphatic carbocycles. The van der Waals surface area contributed by atoms with Gasteiger partial charge < -0.3 is 10.6 Å². The van der Waals surface area contributed by atoms with Gasteiger partial charge in [-0.25, -0.2) is 8.42 Å². The molecule has 0 radical (unpaired) electrons. The predicted molar refractivity (Wildman–Crippen MR) is 81.5 cm³/mol. The summed E-state index contributed by atoms with van der Waals surface area (Å²) in [5.74, 6) is 5.70. The number of sulfone groups is 1. The summed E-state index contributed by atoms with van der Waals surface area (Å²) in [5.41, 5.74) is 6.66. The highest BCUT2D eigenvalue weighted by Crippen LogP contribution is 2.11. The van der Waals surface area contributed by atoms with E-state index in [0.29, 0.717) is 25.1 Å². The van der Waals surface area contributed by atoms with Gasteiger partial charge in [0.05, 0.1) is 18.1 Å². The SMILES string of the molecule is NCC#Cc1ccc(C(=O)N2CCCS(=O)(=O)CC2)cc1. The van der Waals surface area contributed by atoms with Crippen LogP contribution in [0.5, 0.6) is 0 Å². The molecule has 0 bridgehead atoms. The molecule has 0 spiro atoms. The first-order chi connectivity index (χ1) is 10.0. The average Bonchev–Trinajstić information content (AvgIpc) is 2.66. The molecule has 0 saturated carbocycles. The Hall–Kier alpha value is -1.84. The van der Waals surface area contributed by atoms with Gasteiger partial charge in [-0.1, -0.05) is 11.8 Å². The summed E-state index contributed by atoms with van der Waals surface area (Å²) in [5, 5.41) is 0. The third-order valence-electron chi connectivity index (χ3n) is 3.31. The van der Waals surface area contributed by atoms with Gasteiger partial charge in [0, 0.05) is 24.2 Å². The topological polar surface area (TPSA) is 80.5 Å². The molecule has 1 aliphatic heterocycles. The fourth-order valence-electron chi connectivity index (χ4n) is 2.17. The highest BCUT2D eigenvalue weighted by molar-refractivity contribution is 7.91. The zero-order chi connectivity index (χ0) is 15.3. The molecule has 1 saturated heterocycles. The summed E-state index contributed by atoms with van der Waals surface area (Å²) in [7, 11) is -3.01. The van der Waals surface area contributed by atoms with E-state index in [0.717, 1.165) is 5.56 Å².